The Balaban J connectivity index is 2.05. The Labute approximate surface area is 128 Å². The first-order valence-electron chi connectivity index (χ1n) is 6.91. The number of hydrogen-bond acceptors (Lipinski definition) is 4. The number of hydrogen-bond donors (Lipinski definition) is 1. The zero-order valence-electron chi connectivity index (χ0n) is 11.9. The molecule has 0 radical (unpaired) electrons. The number of nitro groups is 1. The van der Waals surface area contributed by atoms with Gasteiger partial charge in [-0.15, -0.1) is 0 Å². The number of rotatable bonds is 7. The van der Waals surface area contributed by atoms with E-state index in [0.717, 1.165) is 24.4 Å². The number of nitrogens with one attached hydrogen (secondary N) is 1. The third-order valence-corrected chi connectivity index (χ3v) is 4.04. The Morgan fingerprint density at radius 3 is 2.52 bits per heavy atom. The van der Waals surface area contributed by atoms with E-state index in [1.54, 1.807) is 12.1 Å². The van der Waals surface area contributed by atoms with Crippen LogP contribution >= 0.6 is 11.8 Å². The molecule has 0 bridgehead atoms. The van der Waals surface area contributed by atoms with E-state index in [4.69, 9.17) is 0 Å². The minimum atomic E-state index is -0.342. The lowest BCUT2D eigenvalue weighted by Gasteiger charge is -2.06. The van der Waals surface area contributed by atoms with Crippen molar-refractivity contribution in [2.75, 3.05) is 6.54 Å². The summed E-state index contributed by atoms with van der Waals surface area (Å²) in [6.07, 6.45) is 1.12. The molecule has 0 heterocycles. The normalized spacial score (nSPS) is 10.5. The van der Waals surface area contributed by atoms with Crippen molar-refractivity contribution in [2.24, 2.45) is 0 Å². The maximum Gasteiger partial charge on any atom is 0.283 e. The summed E-state index contributed by atoms with van der Waals surface area (Å²) in [4.78, 5) is 12.3. The molecule has 0 saturated heterocycles. The van der Waals surface area contributed by atoms with Crippen molar-refractivity contribution in [3.63, 3.8) is 0 Å². The summed E-state index contributed by atoms with van der Waals surface area (Å²) >= 11 is 1.42. The van der Waals surface area contributed by atoms with Gasteiger partial charge in [-0.25, -0.2) is 0 Å². The maximum atomic E-state index is 11.0. The molecule has 4 nitrogen and oxygen atoms in total. The highest BCUT2D eigenvalue weighted by atomic mass is 32.2. The van der Waals surface area contributed by atoms with Crippen molar-refractivity contribution in [1.82, 2.24) is 5.32 Å². The van der Waals surface area contributed by atoms with Crippen molar-refractivity contribution in [1.29, 1.82) is 0 Å². The fourth-order valence-corrected chi connectivity index (χ4v) is 2.83. The fourth-order valence-electron chi connectivity index (χ4n) is 1.91. The SMILES string of the molecule is CCCNCc1ccc(Sc2ccccc2[N+](=O)[O-])cc1. The second kappa shape index (κ2) is 7.81. The molecule has 0 aliphatic carbocycles. The van der Waals surface area contributed by atoms with E-state index in [1.807, 2.05) is 18.2 Å². The number of nitro benzene ring substituents is 1. The molecule has 2 aromatic carbocycles. The second-order valence-electron chi connectivity index (χ2n) is 4.65. The molecular formula is C16H18N2O2S. The topological polar surface area (TPSA) is 55.2 Å². The second-order valence-corrected chi connectivity index (χ2v) is 5.76. The molecule has 2 rings (SSSR count). The summed E-state index contributed by atoms with van der Waals surface area (Å²) in [5.41, 5.74) is 1.37. The number of para-hydroxylation sites is 1. The van der Waals surface area contributed by atoms with Gasteiger partial charge in [0, 0.05) is 17.5 Å². The lowest BCUT2D eigenvalue weighted by atomic mass is 10.2. The van der Waals surface area contributed by atoms with Crippen molar-refractivity contribution < 1.29 is 4.92 Å². The summed E-state index contributed by atoms with van der Waals surface area (Å²) in [5, 5.41) is 14.3. The average molecular weight is 302 g/mol. The van der Waals surface area contributed by atoms with Gasteiger partial charge in [0.1, 0.15) is 0 Å². The Morgan fingerprint density at radius 1 is 1.14 bits per heavy atom. The summed E-state index contributed by atoms with van der Waals surface area (Å²) in [5.74, 6) is 0. The van der Waals surface area contributed by atoms with Gasteiger partial charge in [-0.05, 0) is 36.7 Å². The molecule has 2 aromatic rings. The molecule has 0 aliphatic rings. The molecule has 0 fully saturated rings. The van der Waals surface area contributed by atoms with Crippen LogP contribution in [0, 0.1) is 10.1 Å². The van der Waals surface area contributed by atoms with Crippen LogP contribution in [-0.4, -0.2) is 11.5 Å². The Morgan fingerprint density at radius 2 is 1.86 bits per heavy atom. The van der Waals surface area contributed by atoms with E-state index in [9.17, 15) is 10.1 Å². The van der Waals surface area contributed by atoms with Crippen molar-refractivity contribution in [3.8, 4) is 0 Å². The Kier molecular flexibility index (Phi) is 5.78. The molecular weight excluding hydrogens is 284 g/mol. The maximum absolute atomic E-state index is 11.0. The largest absolute Gasteiger partial charge is 0.313 e. The van der Waals surface area contributed by atoms with Gasteiger partial charge in [0.25, 0.3) is 5.69 Å². The van der Waals surface area contributed by atoms with Crippen molar-refractivity contribution in [3.05, 3.63) is 64.2 Å². The van der Waals surface area contributed by atoms with E-state index in [0.29, 0.717) is 4.90 Å². The van der Waals surface area contributed by atoms with E-state index >= 15 is 0 Å². The van der Waals surface area contributed by atoms with E-state index in [2.05, 4.69) is 24.4 Å². The van der Waals surface area contributed by atoms with E-state index in [1.165, 1.54) is 23.4 Å². The smallest absolute Gasteiger partial charge is 0.283 e. The lowest BCUT2D eigenvalue weighted by molar-refractivity contribution is -0.387. The van der Waals surface area contributed by atoms with E-state index in [-0.39, 0.29) is 10.6 Å². The fraction of sp³-hybridized carbons (Fsp3) is 0.250. The van der Waals surface area contributed by atoms with Crippen LogP contribution in [0.5, 0.6) is 0 Å². The van der Waals surface area contributed by atoms with Gasteiger partial charge < -0.3 is 5.32 Å². The van der Waals surface area contributed by atoms with Gasteiger partial charge in [0.2, 0.25) is 0 Å². The van der Waals surface area contributed by atoms with Crippen LogP contribution in [0.15, 0.2) is 58.3 Å². The molecule has 0 atom stereocenters. The summed E-state index contributed by atoms with van der Waals surface area (Å²) in [6.45, 7) is 4.00. The third-order valence-electron chi connectivity index (χ3n) is 2.97. The number of nitrogens with zero attached hydrogens (tertiary/aromatic N) is 1. The summed E-state index contributed by atoms with van der Waals surface area (Å²) in [7, 11) is 0. The van der Waals surface area contributed by atoms with Gasteiger partial charge in [0.15, 0.2) is 0 Å². The van der Waals surface area contributed by atoms with Crippen LogP contribution in [0.3, 0.4) is 0 Å². The lowest BCUT2D eigenvalue weighted by Crippen LogP contribution is -2.13. The molecule has 0 saturated carbocycles. The third kappa shape index (κ3) is 4.58. The first kappa shape index (κ1) is 15.5. The molecule has 0 unspecified atom stereocenters. The zero-order chi connectivity index (χ0) is 15.1. The van der Waals surface area contributed by atoms with Crippen LogP contribution in [-0.2, 0) is 6.54 Å². The van der Waals surface area contributed by atoms with Gasteiger partial charge in [-0.1, -0.05) is 43.0 Å². The highest BCUT2D eigenvalue weighted by molar-refractivity contribution is 7.99. The predicted molar refractivity (Wildman–Crippen MR) is 85.7 cm³/mol. The van der Waals surface area contributed by atoms with Gasteiger partial charge >= 0.3 is 0 Å². The summed E-state index contributed by atoms with van der Waals surface area (Å²) < 4.78 is 0. The van der Waals surface area contributed by atoms with E-state index < -0.39 is 0 Å². The molecule has 0 spiro atoms. The molecule has 0 aromatic heterocycles. The summed E-state index contributed by atoms with van der Waals surface area (Å²) in [6, 6.07) is 14.9. The van der Waals surface area contributed by atoms with Crippen molar-refractivity contribution in [2.45, 2.75) is 29.7 Å². The van der Waals surface area contributed by atoms with Crippen LogP contribution < -0.4 is 5.32 Å². The quantitative estimate of drug-likeness (QED) is 0.472. The molecule has 5 heteroatoms. The van der Waals surface area contributed by atoms with Crippen LogP contribution in [0.25, 0.3) is 0 Å². The first-order chi connectivity index (χ1) is 10.2. The highest BCUT2D eigenvalue weighted by Crippen LogP contribution is 2.34. The number of benzene rings is 2. The standard InChI is InChI=1S/C16H18N2O2S/c1-2-11-17-12-13-7-9-14(10-8-13)21-16-6-4-3-5-15(16)18(19)20/h3-10,17H,2,11-12H2,1H3. The van der Waals surface area contributed by atoms with Gasteiger partial charge in [-0.2, -0.15) is 0 Å². The molecule has 0 aliphatic heterocycles. The zero-order valence-corrected chi connectivity index (χ0v) is 12.7. The first-order valence-corrected chi connectivity index (χ1v) is 7.73. The Bertz CT molecular complexity index is 599. The van der Waals surface area contributed by atoms with Crippen LogP contribution in [0.4, 0.5) is 5.69 Å². The Hall–Kier alpha value is -1.85. The molecule has 110 valence electrons. The van der Waals surface area contributed by atoms with Gasteiger partial charge in [-0.3, -0.25) is 10.1 Å². The minimum absolute atomic E-state index is 0.149. The molecule has 0 amide bonds. The molecule has 21 heavy (non-hydrogen) atoms. The monoisotopic (exact) mass is 302 g/mol. The average Bonchev–Trinajstić information content (AvgIpc) is 2.50. The molecule has 1 N–H and O–H groups in total. The minimum Gasteiger partial charge on any atom is -0.313 e. The highest BCUT2D eigenvalue weighted by Gasteiger charge is 2.13. The van der Waals surface area contributed by atoms with Crippen LogP contribution in [0.2, 0.25) is 0 Å². The van der Waals surface area contributed by atoms with Crippen molar-refractivity contribution >= 4 is 17.4 Å². The predicted octanol–water partition coefficient (Wildman–Crippen LogP) is 4.25. The van der Waals surface area contributed by atoms with Crippen LogP contribution in [0.1, 0.15) is 18.9 Å². The van der Waals surface area contributed by atoms with Gasteiger partial charge in [0.05, 0.1) is 9.82 Å².